The van der Waals surface area contributed by atoms with Crippen molar-refractivity contribution in [3.8, 4) is 5.75 Å². The molecule has 4 heteroatoms. The van der Waals surface area contributed by atoms with Gasteiger partial charge in [-0.3, -0.25) is 4.90 Å². The maximum Gasteiger partial charge on any atom is 0.123 e. The minimum Gasteiger partial charge on any atom is -0.493 e. The van der Waals surface area contributed by atoms with Crippen LogP contribution in [0.3, 0.4) is 0 Å². The van der Waals surface area contributed by atoms with Gasteiger partial charge in [0.25, 0.3) is 0 Å². The van der Waals surface area contributed by atoms with Crippen LogP contribution in [-0.2, 0) is 0 Å². The molecule has 1 aliphatic heterocycles. The van der Waals surface area contributed by atoms with Gasteiger partial charge in [0.05, 0.1) is 6.61 Å². The molecular weight excluding hydrogens is 250 g/mol. The Kier molecular flexibility index (Phi) is 5.12. The molecule has 20 heavy (non-hydrogen) atoms. The van der Waals surface area contributed by atoms with E-state index in [1.54, 1.807) is 0 Å². The smallest absolute Gasteiger partial charge is 0.123 e. The quantitative estimate of drug-likeness (QED) is 0.840. The number of piperazine rings is 1. The van der Waals surface area contributed by atoms with Gasteiger partial charge in [0.2, 0.25) is 0 Å². The van der Waals surface area contributed by atoms with Crippen LogP contribution in [0.4, 0.5) is 11.4 Å². The molecule has 1 aromatic rings. The topological polar surface area (TPSA) is 41.7 Å². The van der Waals surface area contributed by atoms with Gasteiger partial charge in [0, 0.05) is 55.7 Å². The van der Waals surface area contributed by atoms with Crippen molar-refractivity contribution in [2.24, 2.45) is 0 Å². The van der Waals surface area contributed by atoms with E-state index in [4.69, 9.17) is 10.5 Å². The highest BCUT2D eigenvalue weighted by Crippen LogP contribution is 2.26. The SMILES string of the molecule is CCCOc1cc(N)cc(N2CCN(C(C)C)CC2)c1. The number of benzene rings is 1. The van der Waals surface area contributed by atoms with E-state index in [1.165, 1.54) is 5.69 Å². The Morgan fingerprint density at radius 1 is 1.15 bits per heavy atom. The highest BCUT2D eigenvalue weighted by atomic mass is 16.5. The van der Waals surface area contributed by atoms with Crippen molar-refractivity contribution in [1.29, 1.82) is 0 Å². The Morgan fingerprint density at radius 3 is 2.45 bits per heavy atom. The second-order valence-electron chi connectivity index (χ2n) is 5.73. The number of hydrogen-bond donors (Lipinski definition) is 1. The average Bonchev–Trinajstić information content (AvgIpc) is 2.44. The molecule has 0 spiro atoms. The van der Waals surface area contributed by atoms with Crippen molar-refractivity contribution in [3.05, 3.63) is 18.2 Å². The fourth-order valence-corrected chi connectivity index (χ4v) is 2.59. The standard InChI is InChI=1S/C16H27N3O/c1-4-9-20-16-11-14(17)10-15(12-16)19-7-5-18(6-8-19)13(2)3/h10-13H,4-9,17H2,1-3H3. The number of rotatable bonds is 5. The lowest BCUT2D eigenvalue weighted by molar-refractivity contribution is 0.209. The summed E-state index contributed by atoms with van der Waals surface area (Å²) in [6, 6.07) is 6.69. The monoisotopic (exact) mass is 277 g/mol. The number of nitrogens with two attached hydrogens (primary N) is 1. The van der Waals surface area contributed by atoms with Crippen LogP contribution in [0, 0.1) is 0 Å². The summed E-state index contributed by atoms with van der Waals surface area (Å²) in [7, 11) is 0. The van der Waals surface area contributed by atoms with Gasteiger partial charge in [-0.05, 0) is 26.3 Å². The normalized spacial score (nSPS) is 16.7. The van der Waals surface area contributed by atoms with E-state index >= 15 is 0 Å². The lowest BCUT2D eigenvalue weighted by Crippen LogP contribution is -2.48. The first-order chi connectivity index (χ1) is 9.60. The van der Waals surface area contributed by atoms with Crippen LogP contribution in [0.15, 0.2) is 18.2 Å². The second kappa shape index (κ2) is 6.84. The van der Waals surface area contributed by atoms with Crippen molar-refractivity contribution in [2.75, 3.05) is 43.4 Å². The lowest BCUT2D eigenvalue weighted by atomic mass is 10.2. The maximum atomic E-state index is 6.00. The summed E-state index contributed by atoms with van der Waals surface area (Å²) in [5.74, 6) is 0.883. The van der Waals surface area contributed by atoms with Crippen molar-refractivity contribution in [3.63, 3.8) is 0 Å². The molecule has 1 heterocycles. The first kappa shape index (κ1) is 15.0. The Morgan fingerprint density at radius 2 is 1.85 bits per heavy atom. The highest BCUT2D eigenvalue weighted by molar-refractivity contribution is 5.60. The molecular formula is C16H27N3O. The summed E-state index contributed by atoms with van der Waals surface area (Å²) in [6.45, 7) is 11.7. The fraction of sp³-hybridized carbons (Fsp3) is 0.625. The molecule has 2 N–H and O–H groups in total. The van der Waals surface area contributed by atoms with Crippen LogP contribution in [0.1, 0.15) is 27.2 Å². The molecule has 0 amide bonds. The van der Waals surface area contributed by atoms with Crippen molar-refractivity contribution in [1.82, 2.24) is 4.90 Å². The summed E-state index contributed by atoms with van der Waals surface area (Å²) in [4.78, 5) is 4.91. The molecule has 112 valence electrons. The third kappa shape index (κ3) is 3.79. The third-order valence-electron chi connectivity index (χ3n) is 3.80. The predicted molar refractivity (Wildman–Crippen MR) is 85.6 cm³/mol. The number of nitrogens with zero attached hydrogens (tertiary/aromatic N) is 2. The summed E-state index contributed by atoms with van der Waals surface area (Å²) in [5.41, 5.74) is 7.95. The van der Waals surface area contributed by atoms with E-state index in [0.29, 0.717) is 6.04 Å². The van der Waals surface area contributed by atoms with E-state index in [0.717, 1.165) is 50.6 Å². The number of nitrogen functional groups attached to an aromatic ring is 1. The van der Waals surface area contributed by atoms with E-state index in [2.05, 4.69) is 36.6 Å². The zero-order valence-corrected chi connectivity index (χ0v) is 12.9. The van der Waals surface area contributed by atoms with Crippen molar-refractivity contribution < 1.29 is 4.74 Å². The number of hydrogen-bond acceptors (Lipinski definition) is 4. The van der Waals surface area contributed by atoms with Crippen LogP contribution in [0.25, 0.3) is 0 Å². The molecule has 1 fully saturated rings. The summed E-state index contributed by atoms with van der Waals surface area (Å²) >= 11 is 0. The van der Waals surface area contributed by atoms with Gasteiger partial charge in [-0.15, -0.1) is 0 Å². The van der Waals surface area contributed by atoms with E-state index in [1.807, 2.05) is 12.1 Å². The molecule has 1 aliphatic rings. The Bertz CT molecular complexity index is 426. The predicted octanol–water partition coefficient (Wildman–Crippen LogP) is 2.59. The molecule has 2 rings (SSSR count). The van der Waals surface area contributed by atoms with Crippen LogP contribution < -0.4 is 15.4 Å². The van der Waals surface area contributed by atoms with E-state index in [-0.39, 0.29) is 0 Å². The molecule has 0 atom stereocenters. The molecule has 0 aliphatic carbocycles. The largest absolute Gasteiger partial charge is 0.493 e. The first-order valence-corrected chi connectivity index (χ1v) is 7.62. The molecule has 0 aromatic heterocycles. The van der Waals surface area contributed by atoms with Crippen molar-refractivity contribution in [2.45, 2.75) is 33.2 Å². The molecule has 1 saturated heterocycles. The summed E-state index contributed by atoms with van der Waals surface area (Å²) < 4.78 is 5.71. The maximum absolute atomic E-state index is 6.00. The first-order valence-electron chi connectivity index (χ1n) is 7.62. The average molecular weight is 277 g/mol. The Balaban J connectivity index is 2.03. The minimum absolute atomic E-state index is 0.626. The number of ether oxygens (including phenoxy) is 1. The van der Waals surface area contributed by atoms with E-state index < -0.39 is 0 Å². The van der Waals surface area contributed by atoms with Crippen LogP contribution >= 0.6 is 0 Å². The van der Waals surface area contributed by atoms with E-state index in [9.17, 15) is 0 Å². The minimum atomic E-state index is 0.626. The zero-order chi connectivity index (χ0) is 14.5. The van der Waals surface area contributed by atoms with Crippen molar-refractivity contribution >= 4 is 11.4 Å². The van der Waals surface area contributed by atoms with Gasteiger partial charge in [0.1, 0.15) is 5.75 Å². The molecule has 0 saturated carbocycles. The van der Waals surface area contributed by atoms with Gasteiger partial charge < -0.3 is 15.4 Å². The van der Waals surface area contributed by atoms with Gasteiger partial charge >= 0.3 is 0 Å². The Labute approximate surface area is 122 Å². The van der Waals surface area contributed by atoms with Gasteiger partial charge in [-0.2, -0.15) is 0 Å². The third-order valence-corrected chi connectivity index (χ3v) is 3.80. The highest BCUT2D eigenvalue weighted by Gasteiger charge is 2.19. The van der Waals surface area contributed by atoms with Gasteiger partial charge in [0.15, 0.2) is 0 Å². The molecule has 0 bridgehead atoms. The van der Waals surface area contributed by atoms with Crippen LogP contribution in [0.2, 0.25) is 0 Å². The van der Waals surface area contributed by atoms with Gasteiger partial charge in [-0.25, -0.2) is 0 Å². The van der Waals surface area contributed by atoms with Gasteiger partial charge in [-0.1, -0.05) is 6.92 Å². The van der Waals surface area contributed by atoms with Crippen LogP contribution in [0.5, 0.6) is 5.75 Å². The second-order valence-corrected chi connectivity index (χ2v) is 5.73. The fourth-order valence-electron chi connectivity index (χ4n) is 2.59. The zero-order valence-electron chi connectivity index (χ0n) is 12.9. The molecule has 4 nitrogen and oxygen atoms in total. The summed E-state index contributed by atoms with van der Waals surface area (Å²) in [5, 5.41) is 0. The molecule has 0 unspecified atom stereocenters. The summed E-state index contributed by atoms with van der Waals surface area (Å²) in [6.07, 6.45) is 1.01. The number of anilines is 2. The molecule has 0 radical (unpaired) electrons. The lowest BCUT2D eigenvalue weighted by Gasteiger charge is -2.38. The van der Waals surface area contributed by atoms with Crippen LogP contribution in [-0.4, -0.2) is 43.7 Å². The molecule has 1 aromatic carbocycles. The Hall–Kier alpha value is -1.42.